The maximum Gasteiger partial charge on any atom is 1.00 e. The van der Waals surface area contributed by atoms with Crippen LogP contribution in [-0.4, -0.2) is 13.2 Å². The minimum absolute atomic E-state index is 0. The summed E-state index contributed by atoms with van der Waals surface area (Å²) >= 11 is 0. The summed E-state index contributed by atoms with van der Waals surface area (Å²) < 4.78 is 14.5. The summed E-state index contributed by atoms with van der Waals surface area (Å²) in [6.07, 6.45) is 10.6. The van der Waals surface area contributed by atoms with E-state index in [1.165, 1.54) is 51.4 Å². The van der Waals surface area contributed by atoms with Crippen LogP contribution in [0, 0.1) is 11.8 Å². The van der Waals surface area contributed by atoms with Crippen molar-refractivity contribution in [1.29, 1.82) is 0 Å². The Morgan fingerprint density at radius 2 is 1.04 bits per heavy atom. The molecule has 0 aliphatic carbocycles. The van der Waals surface area contributed by atoms with Crippen molar-refractivity contribution in [2.45, 2.75) is 79.1 Å². The van der Waals surface area contributed by atoms with Crippen LogP contribution in [0.25, 0.3) is 0 Å². The SMILES string of the molecule is CCCCC(CC)COCC(CC)CCCC.O=P([O-])([O-])[O-].[K+].[K+].[K+]. The van der Waals surface area contributed by atoms with Crippen molar-refractivity contribution in [1.82, 2.24) is 0 Å². The number of ether oxygens (including phenoxy) is 1. The predicted molar refractivity (Wildman–Crippen MR) is 85.0 cm³/mol. The van der Waals surface area contributed by atoms with Crippen LogP contribution in [-0.2, 0) is 9.30 Å². The average Bonchev–Trinajstić information content (AvgIpc) is 2.44. The summed E-state index contributed by atoms with van der Waals surface area (Å²) in [5.41, 5.74) is 0. The quantitative estimate of drug-likeness (QED) is 0.216. The molecule has 0 aromatic heterocycles. The second-order valence-corrected chi connectivity index (χ2v) is 6.71. The number of unbranched alkanes of at least 4 members (excludes halogenated alkanes) is 2. The van der Waals surface area contributed by atoms with Gasteiger partial charge in [-0.25, -0.2) is 0 Å². The van der Waals surface area contributed by atoms with Gasteiger partial charge in [-0.3, -0.25) is 0 Å². The molecular weight excluding hydrogens is 420 g/mol. The zero-order valence-electron chi connectivity index (χ0n) is 17.7. The van der Waals surface area contributed by atoms with Crippen molar-refractivity contribution >= 4 is 7.82 Å². The smallest absolute Gasteiger partial charge is 0.822 e. The van der Waals surface area contributed by atoms with Gasteiger partial charge in [0.2, 0.25) is 0 Å². The van der Waals surface area contributed by atoms with Gasteiger partial charge >= 0.3 is 154 Å². The normalized spacial score (nSPS) is 12.4. The molecule has 0 spiro atoms. The van der Waals surface area contributed by atoms with Crippen LogP contribution < -0.4 is 169 Å². The number of phosphoric acid groups is 1. The van der Waals surface area contributed by atoms with E-state index in [-0.39, 0.29) is 154 Å². The van der Waals surface area contributed by atoms with E-state index in [2.05, 4.69) is 27.7 Å². The van der Waals surface area contributed by atoms with Crippen molar-refractivity contribution < 1.29 is 178 Å². The fraction of sp³-hybridized carbons (Fsp3) is 1.00. The fourth-order valence-electron chi connectivity index (χ4n) is 2.20. The molecule has 2 unspecified atom stereocenters. The molecule has 0 fully saturated rings. The van der Waals surface area contributed by atoms with Gasteiger partial charge in [0.1, 0.15) is 0 Å². The van der Waals surface area contributed by atoms with Crippen LogP contribution in [0.5, 0.6) is 0 Å². The molecule has 0 aliphatic rings. The van der Waals surface area contributed by atoms with Crippen molar-refractivity contribution in [3.63, 3.8) is 0 Å². The molecule has 0 saturated carbocycles. The molecule has 0 N–H and O–H groups in total. The summed E-state index contributed by atoms with van der Waals surface area (Å²) in [5.74, 6) is 1.58. The zero-order valence-corrected chi connectivity index (χ0v) is 28.0. The van der Waals surface area contributed by atoms with E-state index in [0.717, 1.165) is 25.0 Å². The van der Waals surface area contributed by atoms with E-state index in [4.69, 9.17) is 24.0 Å². The van der Waals surface area contributed by atoms with Crippen LogP contribution in [0.15, 0.2) is 0 Å². The Morgan fingerprint density at radius 3 is 1.24 bits per heavy atom. The zero-order chi connectivity index (χ0) is 17.4. The molecule has 0 amide bonds. The Labute approximate surface area is 283 Å². The third-order valence-electron chi connectivity index (χ3n) is 3.79. The summed E-state index contributed by atoms with van der Waals surface area (Å²) in [5, 5.41) is 0. The second kappa shape index (κ2) is 29.0. The molecule has 25 heavy (non-hydrogen) atoms. The molecule has 136 valence electrons. The Morgan fingerprint density at radius 1 is 0.760 bits per heavy atom. The molecule has 0 aromatic rings. The minimum Gasteiger partial charge on any atom is -0.822 e. The van der Waals surface area contributed by atoms with E-state index in [9.17, 15) is 0 Å². The van der Waals surface area contributed by atoms with Gasteiger partial charge in [-0.05, 0) is 24.7 Å². The molecule has 5 nitrogen and oxygen atoms in total. The summed E-state index contributed by atoms with van der Waals surface area (Å²) in [7, 11) is -5.39. The van der Waals surface area contributed by atoms with Crippen LogP contribution in [0.2, 0.25) is 0 Å². The Hall–Kier alpha value is 4.98. The maximum atomic E-state index is 8.55. The predicted octanol–water partition coefficient (Wildman–Crippen LogP) is -6.38. The third kappa shape index (κ3) is 39.9. The second-order valence-electron chi connectivity index (χ2n) is 5.82. The van der Waals surface area contributed by atoms with Crippen LogP contribution in [0.1, 0.15) is 79.1 Å². The van der Waals surface area contributed by atoms with Crippen molar-refractivity contribution in [2.75, 3.05) is 13.2 Å². The van der Waals surface area contributed by atoms with Gasteiger partial charge in [-0.2, -0.15) is 7.82 Å². The molecule has 0 bridgehead atoms. The third-order valence-corrected chi connectivity index (χ3v) is 3.79. The van der Waals surface area contributed by atoms with E-state index in [1.54, 1.807) is 0 Å². The van der Waals surface area contributed by atoms with Gasteiger partial charge in [0.15, 0.2) is 0 Å². The summed E-state index contributed by atoms with van der Waals surface area (Å²) in [6.45, 7) is 11.1. The molecule has 2 atom stereocenters. The standard InChI is InChI=1S/C16H34O.3K.H3O4P/c1-5-9-11-15(7-3)13-17-14-16(8-4)12-10-6-2;;;;1-5(2,3)4/h15-16H,5-14H2,1-4H3;;;;(H3,1,2,3,4)/q;3*+1;/p-3. The van der Waals surface area contributed by atoms with E-state index >= 15 is 0 Å². The summed E-state index contributed by atoms with van der Waals surface area (Å²) in [6, 6.07) is 0. The first kappa shape index (κ1) is 40.3. The first-order valence-electron chi connectivity index (χ1n) is 8.59. The van der Waals surface area contributed by atoms with Gasteiger partial charge in [0.05, 0.1) is 0 Å². The maximum absolute atomic E-state index is 8.55. The monoisotopic (exact) mass is 454 g/mol. The average molecular weight is 455 g/mol. The van der Waals surface area contributed by atoms with Gasteiger partial charge in [0, 0.05) is 13.2 Å². The van der Waals surface area contributed by atoms with E-state index in [1.807, 2.05) is 0 Å². The van der Waals surface area contributed by atoms with Crippen molar-refractivity contribution in [2.24, 2.45) is 11.8 Å². The molecular formula is C16H34K3O5P. The van der Waals surface area contributed by atoms with Gasteiger partial charge in [-0.1, -0.05) is 66.2 Å². The fourth-order valence-corrected chi connectivity index (χ4v) is 2.20. The van der Waals surface area contributed by atoms with Crippen molar-refractivity contribution in [3.8, 4) is 0 Å². The summed E-state index contributed by atoms with van der Waals surface area (Å²) in [4.78, 5) is 25.6. The number of rotatable bonds is 12. The number of hydrogen-bond donors (Lipinski definition) is 0. The van der Waals surface area contributed by atoms with E-state index in [0.29, 0.717) is 0 Å². The molecule has 0 radical (unpaired) electrons. The molecule has 0 aromatic carbocycles. The van der Waals surface area contributed by atoms with Crippen LogP contribution >= 0.6 is 7.82 Å². The van der Waals surface area contributed by atoms with Crippen LogP contribution in [0.3, 0.4) is 0 Å². The van der Waals surface area contributed by atoms with Gasteiger partial charge < -0.3 is 24.0 Å². The topological polar surface area (TPSA) is 95.5 Å². The first-order valence-corrected chi connectivity index (χ1v) is 10.0. The molecule has 0 rings (SSSR count). The van der Waals surface area contributed by atoms with Gasteiger partial charge in [-0.15, -0.1) is 0 Å². The molecule has 9 heteroatoms. The van der Waals surface area contributed by atoms with E-state index < -0.39 is 7.82 Å². The van der Waals surface area contributed by atoms with Gasteiger partial charge in [0.25, 0.3) is 0 Å². The first-order chi connectivity index (χ1) is 10.3. The largest absolute Gasteiger partial charge is 1.00 e. The Kier molecular flexibility index (Phi) is 46.8. The van der Waals surface area contributed by atoms with Crippen LogP contribution in [0.4, 0.5) is 0 Å². The molecule has 0 saturated heterocycles. The molecule has 0 aliphatic heterocycles. The number of hydrogen-bond acceptors (Lipinski definition) is 5. The Bertz CT molecular complexity index is 256. The minimum atomic E-state index is -5.39. The Balaban J connectivity index is -0.000000147. The van der Waals surface area contributed by atoms with Crippen molar-refractivity contribution in [3.05, 3.63) is 0 Å². The molecule has 0 heterocycles.